The fourth-order valence-electron chi connectivity index (χ4n) is 2.94. The number of benzene rings is 2. The van der Waals surface area contributed by atoms with Crippen LogP contribution in [0.25, 0.3) is 11.1 Å². The minimum atomic E-state index is -0.879. The second kappa shape index (κ2) is 9.40. The van der Waals surface area contributed by atoms with Crippen molar-refractivity contribution in [3.63, 3.8) is 0 Å². The first-order valence-corrected chi connectivity index (χ1v) is 9.51. The first kappa shape index (κ1) is 21.5. The van der Waals surface area contributed by atoms with Crippen LogP contribution < -0.4 is 5.32 Å². The zero-order valence-electron chi connectivity index (χ0n) is 16.9. The Morgan fingerprint density at radius 2 is 1.57 bits per heavy atom. The van der Waals surface area contributed by atoms with E-state index < -0.39 is 23.6 Å². The molecule has 2 N–H and O–H groups in total. The fraction of sp³-hybridized carbons (Fsp3) is 0.391. The number of hydrogen-bond donors (Lipinski definition) is 2. The number of nitrogens with one attached hydrogen (secondary N) is 1. The summed E-state index contributed by atoms with van der Waals surface area (Å²) in [6, 6.07) is 17.8. The van der Waals surface area contributed by atoms with Crippen molar-refractivity contribution in [1.82, 2.24) is 5.32 Å². The zero-order chi connectivity index (χ0) is 20.7. The summed E-state index contributed by atoms with van der Waals surface area (Å²) in [6.07, 6.45) is 0.331. The summed E-state index contributed by atoms with van der Waals surface area (Å²) in [5, 5.41) is 12.1. The van der Waals surface area contributed by atoms with Crippen molar-refractivity contribution in [2.45, 2.75) is 52.2 Å². The molecule has 2 aromatic rings. The Morgan fingerprint density at radius 1 is 1.00 bits per heavy atom. The van der Waals surface area contributed by atoms with E-state index in [0.29, 0.717) is 12.8 Å². The highest BCUT2D eigenvalue weighted by molar-refractivity contribution is 5.70. The normalized spacial score (nSPS) is 13.4. The van der Waals surface area contributed by atoms with Gasteiger partial charge in [0.25, 0.3) is 0 Å². The van der Waals surface area contributed by atoms with Crippen LogP contribution in [0.1, 0.15) is 39.7 Å². The number of carboxylic acids is 1. The van der Waals surface area contributed by atoms with Crippen molar-refractivity contribution < 1.29 is 19.4 Å². The van der Waals surface area contributed by atoms with E-state index in [1.165, 1.54) is 0 Å². The molecule has 0 radical (unpaired) electrons. The maximum Gasteiger partial charge on any atom is 0.407 e. The van der Waals surface area contributed by atoms with E-state index in [4.69, 9.17) is 4.74 Å². The summed E-state index contributed by atoms with van der Waals surface area (Å²) in [6.45, 7) is 7.03. The van der Waals surface area contributed by atoms with E-state index in [0.717, 1.165) is 16.7 Å². The van der Waals surface area contributed by atoms with Gasteiger partial charge in [0.1, 0.15) is 5.60 Å². The molecule has 0 aliphatic rings. The minimum absolute atomic E-state index is 0.328. The molecule has 2 atom stereocenters. The van der Waals surface area contributed by atoms with Gasteiger partial charge in [0.15, 0.2) is 0 Å². The standard InChI is InChI=1S/C23H29NO4/c1-16(21(25)26)14-20(24-22(27)28-23(2,3)4)15-17-10-12-19(13-11-17)18-8-6-5-7-9-18/h5-13,16,20H,14-15H2,1-4H3,(H,24,27)(H,25,26). The topological polar surface area (TPSA) is 75.6 Å². The summed E-state index contributed by atoms with van der Waals surface area (Å²) in [5.74, 6) is -1.45. The maximum atomic E-state index is 12.2. The molecule has 28 heavy (non-hydrogen) atoms. The molecule has 150 valence electrons. The van der Waals surface area contributed by atoms with Crippen LogP contribution in [0.2, 0.25) is 0 Å². The van der Waals surface area contributed by atoms with Gasteiger partial charge in [-0.15, -0.1) is 0 Å². The average molecular weight is 383 g/mol. The van der Waals surface area contributed by atoms with Crippen molar-refractivity contribution in [3.8, 4) is 11.1 Å². The molecule has 0 heterocycles. The maximum absolute atomic E-state index is 12.2. The number of aliphatic carboxylic acids is 1. The quantitative estimate of drug-likeness (QED) is 0.713. The van der Waals surface area contributed by atoms with Gasteiger partial charge in [-0.3, -0.25) is 4.79 Å². The molecule has 1 amide bonds. The third kappa shape index (κ3) is 7.06. The average Bonchev–Trinajstić information content (AvgIpc) is 2.61. The smallest absolute Gasteiger partial charge is 0.407 e. The summed E-state index contributed by atoms with van der Waals surface area (Å²) >= 11 is 0. The second-order valence-electron chi connectivity index (χ2n) is 8.09. The van der Waals surface area contributed by atoms with E-state index >= 15 is 0 Å². The van der Waals surface area contributed by atoms with Gasteiger partial charge in [0, 0.05) is 6.04 Å². The molecule has 5 heteroatoms. The number of carbonyl (C=O) groups excluding carboxylic acids is 1. The lowest BCUT2D eigenvalue weighted by Crippen LogP contribution is -2.41. The third-order valence-corrected chi connectivity index (χ3v) is 4.32. The Bertz CT molecular complexity index is 778. The van der Waals surface area contributed by atoms with Gasteiger partial charge in [-0.05, 0) is 50.3 Å². The summed E-state index contributed by atoms with van der Waals surface area (Å²) in [4.78, 5) is 23.4. The molecule has 2 unspecified atom stereocenters. The monoisotopic (exact) mass is 383 g/mol. The first-order chi connectivity index (χ1) is 13.1. The molecule has 2 rings (SSSR count). The van der Waals surface area contributed by atoms with Crippen LogP contribution in [0.3, 0.4) is 0 Å². The predicted octanol–water partition coefficient (Wildman–Crippen LogP) is 4.90. The van der Waals surface area contributed by atoms with Crippen LogP contribution in [0.15, 0.2) is 54.6 Å². The Hall–Kier alpha value is -2.82. The molecule has 5 nitrogen and oxygen atoms in total. The van der Waals surface area contributed by atoms with Gasteiger partial charge in [-0.25, -0.2) is 4.79 Å². The molecule has 0 aliphatic carbocycles. The van der Waals surface area contributed by atoms with Gasteiger partial charge in [0.05, 0.1) is 5.92 Å². The molecule has 0 bridgehead atoms. The van der Waals surface area contributed by atoms with Crippen molar-refractivity contribution in [2.75, 3.05) is 0 Å². The van der Waals surface area contributed by atoms with Crippen LogP contribution in [0.4, 0.5) is 4.79 Å². The second-order valence-corrected chi connectivity index (χ2v) is 8.09. The van der Waals surface area contributed by atoms with E-state index in [1.54, 1.807) is 27.7 Å². The van der Waals surface area contributed by atoms with Gasteiger partial charge in [0.2, 0.25) is 0 Å². The Balaban J connectivity index is 2.10. The van der Waals surface area contributed by atoms with Gasteiger partial charge < -0.3 is 15.2 Å². The number of amides is 1. The molecule has 0 saturated heterocycles. The molecular weight excluding hydrogens is 354 g/mol. The SMILES string of the molecule is CC(CC(Cc1ccc(-c2ccccc2)cc1)NC(=O)OC(C)(C)C)C(=O)O. The number of carbonyl (C=O) groups is 2. The summed E-state index contributed by atoms with van der Waals surface area (Å²) in [7, 11) is 0. The van der Waals surface area contributed by atoms with Gasteiger partial charge in [-0.2, -0.15) is 0 Å². The number of hydrogen-bond acceptors (Lipinski definition) is 3. The molecular formula is C23H29NO4. The number of alkyl carbamates (subject to hydrolysis) is 1. The Labute approximate surface area is 166 Å². The van der Waals surface area contributed by atoms with Crippen LogP contribution in [-0.2, 0) is 16.0 Å². The lowest BCUT2D eigenvalue weighted by atomic mass is 9.95. The van der Waals surface area contributed by atoms with Gasteiger partial charge >= 0.3 is 12.1 Å². The van der Waals surface area contributed by atoms with E-state index in [2.05, 4.69) is 17.4 Å². The summed E-state index contributed by atoms with van der Waals surface area (Å²) in [5.41, 5.74) is 2.67. The molecule has 0 spiro atoms. The molecule has 0 aromatic heterocycles. The van der Waals surface area contributed by atoms with Gasteiger partial charge in [-0.1, -0.05) is 61.5 Å². The number of carboxylic acid groups (broad SMARTS) is 1. The van der Waals surface area contributed by atoms with Crippen molar-refractivity contribution in [2.24, 2.45) is 5.92 Å². The number of ether oxygens (including phenoxy) is 1. The molecule has 0 fully saturated rings. The molecule has 2 aromatic carbocycles. The third-order valence-electron chi connectivity index (χ3n) is 4.32. The Morgan fingerprint density at radius 3 is 2.11 bits per heavy atom. The highest BCUT2D eigenvalue weighted by Crippen LogP contribution is 2.21. The van der Waals surface area contributed by atoms with Crippen molar-refractivity contribution in [1.29, 1.82) is 0 Å². The van der Waals surface area contributed by atoms with Crippen molar-refractivity contribution in [3.05, 3.63) is 60.2 Å². The van der Waals surface area contributed by atoms with Crippen LogP contribution in [0, 0.1) is 5.92 Å². The lowest BCUT2D eigenvalue weighted by Gasteiger charge is -2.24. The molecule has 0 saturated carbocycles. The van der Waals surface area contributed by atoms with Crippen molar-refractivity contribution >= 4 is 12.1 Å². The Kier molecular flexibility index (Phi) is 7.21. The highest BCUT2D eigenvalue weighted by atomic mass is 16.6. The minimum Gasteiger partial charge on any atom is -0.481 e. The zero-order valence-corrected chi connectivity index (χ0v) is 16.9. The van der Waals surface area contributed by atoms with Crippen LogP contribution in [-0.4, -0.2) is 28.8 Å². The highest BCUT2D eigenvalue weighted by Gasteiger charge is 2.23. The lowest BCUT2D eigenvalue weighted by molar-refractivity contribution is -0.141. The first-order valence-electron chi connectivity index (χ1n) is 9.51. The molecule has 0 aliphatic heterocycles. The largest absolute Gasteiger partial charge is 0.481 e. The predicted molar refractivity (Wildman–Crippen MR) is 110 cm³/mol. The number of rotatable bonds is 7. The van der Waals surface area contributed by atoms with E-state index in [9.17, 15) is 14.7 Å². The van der Waals surface area contributed by atoms with E-state index in [-0.39, 0.29) is 6.04 Å². The summed E-state index contributed by atoms with van der Waals surface area (Å²) < 4.78 is 5.33. The van der Waals surface area contributed by atoms with Crippen LogP contribution in [0.5, 0.6) is 0 Å². The van der Waals surface area contributed by atoms with Crippen LogP contribution >= 0.6 is 0 Å². The fourth-order valence-corrected chi connectivity index (χ4v) is 2.94. The van der Waals surface area contributed by atoms with E-state index in [1.807, 2.05) is 42.5 Å².